The van der Waals surface area contributed by atoms with E-state index >= 15 is 0 Å². The number of hydrogen-bond donors (Lipinski definition) is 0. The van der Waals surface area contributed by atoms with Gasteiger partial charge in [0.05, 0.1) is 4.92 Å². The molecule has 3 rings (SSSR count). The molecule has 2 unspecified atom stereocenters. The fourth-order valence-electron chi connectivity index (χ4n) is 3.58. The summed E-state index contributed by atoms with van der Waals surface area (Å²) in [4.78, 5) is 15.5. The molecular weight excluding hydrogens is 290 g/mol. The van der Waals surface area contributed by atoms with Gasteiger partial charge in [-0.1, -0.05) is 17.7 Å². The molecule has 1 aromatic carbocycles. The quantitative estimate of drug-likeness (QED) is 0.636. The second-order valence-corrected chi connectivity index (χ2v) is 6.52. The van der Waals surface area contributed by atoms with Gasteiger partial charge in [0.2, 0.25) is 0 Å². The Bertz CT molecular complexity index is 552. The van der Waals surface area contributed by atoms with Crippen molar-refractivity contribution in [3.63, 3.8) is 0 Å². The normalized spacial score (nSPS) is 26.8. The summed E-state index contributed by atoms with van der Waals surface area (Å²) in [6, 6.07) is 6.46. The molecule has 0 radical (unpaired) electrons. The lowest BCUT2D eigenvalue weighted by molar-refractivity contribution is -0.384. The van der Waals surface area contributed by atoms with E-state index in [0.29, 0.717) is 12.1 Å². The minimum absolute atomic E-state index is 0.00243. The first-order valence-electron chi connectivity index (χ1n) is 7.41. The van der Waals surface area contributed by atoms with Gasteiger partial charge in [-0.3, -0.25) is 19.9 Å². The fourth-order valence-corrected chi connectivity index (χ4v) is 3.76. The van der Waals surface area contributed by atoms with Gasteiger partial charge in [-0.15, -0.1) is 0 Å². The monoisotopic (exact) mass is 309 g/mol. The summed E-state index contributed by atoms with van der Waals surface area (Å²) in [5, 5.41) is 11.2. The fraction of sp³-hybridized carbons (Fsp3) is 0.600. The molecule has 2 bridgehead atoms. The summed E-state index contributed by atoms with van der Waals surface area (Å²) >= 11 is 5.87. The van der Waals surface area contributed by atoms with Crippen LogP contribution >= 0.6 is 11.6 Å². The maximum absolute atomic E-state index is 11.0. The number of hydrogen-bond acceptors (Lipinski definition) is 4. The van der Waals surface area contributed by atoms with Gasteiger partial charge in [-0.05, 0) is 37.9 Å². The smallest absolute Gasteiger partial charge is 0.288 e. The zero-order chi connectivity index (χ0) is 15.0. The van der Waals surface area contributed by atoms with Crippen molar-refractivity contribution >= 4 is 17.3 Å². The Labute approximate surface area is 129 Å². The predicted octanol–water partition coefficient (Wildman–Crippen LogP) is 2.92. The molecule has 6 heteroatoms. The molecule has 0 saturated carbocycles. The average molecular weight is 310 g/mol. The molecule has 0 spiro atoms. The van der Waals surface area contributed by atoms with Crippen molar-refractivity contribution in [3.8, 4) is 0 Å². The van der Waals surface area contributed by atoms with Crippen LogP contribution in [0.2, 0.25) is 5.02 Å². The van der Waals surface area contributed by atoms with Gasteiger partial charge < -0.3 is 0 Å². The van der Waals surface area contributed by atoms with Gasteiger partial charge in [0.1, 0.15) is 5.02 Å². The van der Waals surface area contributed by atoms with Crippen LogP contribution in [0.15, 0.2) is 18.2 Å². The molecule has 0 amide bonds. The largest absolute Gasteiger partial charge is 0.299 e. The molecule has 2 atom stereocenters. The first-order chi connectivity index (χ1) is 10.0. The van der Waals surface area contributed by atoms with Crippen LogP contribution in [0.25, 0.3) is 0 Å². The van der Waals surface area contributed by atoms with E-state index < -0.39 is 4.92 Å². The molecule has 0 N–H and O–H groups in total. The van der Waals surface area contributed by atoms with Crippen molar-refractivity contribution in [1.82, 2.24) is 9.80 Å². The third-order valence-corrected chi connectivity index (χ3v) is 5.17. The van der Waals surface area contributed by atoms with Gasteiger partial charge in [0, 0.05) is 37.8 Å². The molecule has 2 aliphatic rings. The van der Waals surface area contributed by atoms with Crippen LogP contribution < -0.4 is 0 Å². The third-order valence-electron chi connectivity index (χ3n) is 4.85. The van der Waals surface area contributed by atoms with Crippen molar-refractivity contribution in [3.05, 3.63) is 38.9 Å². The number of nitro groups is 1. The summed E-state index contributed by atoms with van der Waals surface area (Å²) in [5.41, 5.74) is 0.967. The molecule has 1 aromatic rings. The maximum atomic E-state index is 11.0. The molecule has 0 aromatic heterocycles. The lowest BCUT2D eigenvalue weighted by Crippen LogP contribution is -2.36. The third kappa shape index (κ3) is 3.05. The number of fused-ring (bicyclic) bond motifs is 2. The zero-order valence-electron chi connectivity index (χ0n) is 12.2. The van der Waals surface area contributed by atoms with Crippen molar-refractivity contribution < 1.29 is 4.92 Å². The first-order valence-corrected chi connectivity index (χ1v) is 7.79. The second-order valence-electron chi connectivity index (χ2n) is 6.12. The van der Waals surface area contributed by atoms with Crippen molar-refractivity contribution in [2.45, 2.75) is 37.9 Å². The topological polar surface area (TPSA) is 49.6 Å². The summed E-state index contributed by atoms with van der Waals surface area (Å²) in [7, 11) is 2.22. The number of likely N-dealkylation sites (N-methyl/N-ethyl adjacent to an activating group) is 1. The van der Waals surface area contributed by atoms with Crippen LogP contribution in [0.5, 0.6) is 0 Å². The Hall–Kier alpha value is -1.17. The Morgan fingerprint density at radius 3 is 2.86 bits per heavy atom. The SMILES string of the molecule is CN1C2CCC1CN(Cc1ccc(Cl)c([N+](=O)[O-])c1)CC2. The Morgan fingerprint density at radius 1 is 1.33 bits per heavy atom. The minimum atomic E-state index is -0.413. The molecule has 0 aliphatic carbocycles. The molecule has 2 fully saturated rings. The summed E-state index contributed by atoms with van der Waals surface area (Å²) < 4.78 is 0. The number of nitro benzene ring substituents is 1. The summed E-state index contributed by atoms with van der Waals surface area (Å²) in [6.07, 6.45) is 3.75. The highest BCUT2D eigenvalue weighted by Gasteiger charge is 2.34. The number of rotatable bonds is 3. The molecule has 21 heavy (non-hydrogen) atoms. The van der Waals surface area contributed by atoms with E-state index in [1.54, 1.807) is 12.1 Å². The van der Waals surface area contributed by atoms with Gasteiger partial charge in [0.15, 0.2) is 0 Å². The van der Waals surface area contributed by atoms with E-state index in [4.69, 9.17) is 11.6 Å². The van der Waals surface area contributed by atoms with E-state index in [1.807, 2.05) is 6.07 Å². The molecule has 114 valence electrons. The Kier molecular flexibility index (Phi) is 4.15. The van der Waals surface area contributed by atoms with E-state index in [1.165, 1.54) is 19.3 Å². The van der Waals surface area contributed by atoms with Crippen LogP contribution in [-0.2, 0) is 6.54 Å². The number of benzene rings is 1. The second kappa shape index (κ2) is 5.91. The summed E-state index contributed by atoms with van der Waals surface area (Å²) in [5.74, 6) is 0. The molecular formula is C15H20ClN3O2. The Balaban J connectivity index is 1.72. The number of likely N-dealkylation sites (tertiary alicyclic amines) is 1. The van der Waals surface area contributed by atoms with Crippen molar-refractivity contribution in [2.75, 3.05) is 20.1 Å². The highest BCUT2D eigenvalue weighted by Crippen LogP contribution is 2.30. The summed E-state index contributed by atoms with van der Waals surface area (Å²) in [6.45, 7) is 2.86. The molecule has 2 heterocycles. The predicted molar refractivity (Wildman–Crippen MR) is 82.6 cm³/mol. The van der Waals surface area contributed by atoms with Crippen molar-refractivity contribution in [1.29, 1.82) is 0 Å². The van der Waals surface area contributed by atoms with Gasteiger partial charge >= 0.3 is 0 Å². The van der Waals surface area contributed by atoms with Gasteiger partial charge in [-0.2, -0.15) is 0 Å². The van der Waals surface area contributed by atoms with Crippen LogP contribution in [0.1, 0.15) is 24.8 Å². The zero-order valence-corrected chi connectivity index (χ0v) is 12.9. The van der Waals surface area contributed by atoms with E-state index in [2.05, 4.69) is 16.8 Å². The van der Waals surface area contributed by atoms with Crippen LogP contribution in [0, 0.1) is 10.1 Å². The maximum Gasteiger partial charge on any atom is 0.288 e. The van der Waals surface area contributed by atoms with Gasteiger partial charge in [0.25, 0.3) is 5.69 Å². The number of nitrogens with zero attached hydrogens (tertiary/aromatic N) is 3. The van der Waals surface area contributed by atoms with E-state index in [9.17, 15) is 10.1 Å². The van der Waals surface area contributed by atoms with E-state index in [0.717, 1.165) is 25.2 Å². The van der Waals surface area contributed by atoms with Crippen molar-refractivity contribution in [2.24, 2.45) is 0 Å². The van der Waals surface area contributed by atoms with Crippen LogP contribution in [0.3, 0.4) is 0 Å². The van der Waals surface area contributed by atoms with E-state index in [-0.39, 0.29) is 10.7 Å². The average Bonchev–Trinajstić information content (AvgIpc) is 2.69. The highest BCUT2D eigenvalue weighted by molar-refractivity contribution is 6.32. The lowest BCUT2D eigenvalue weighted by Gasteiger charge is -2.25. The molecule has 2 aliphatic heterocycles. The molecule has 2 saturated heterocycles. The van der Waals surface area contributed by atoms with Gasteiger partial charge in [-0.25, -0.2) is 0 Å². The van der Waals surface area contributed by atoms with Crippen LogP contribution in [-0.4, -0.2) is 46.9 Å². The Morgan fingerprint density at radius 2 is 2.10 bits per heavy atom. The highest BCUT2D eigenvalue weighted by atomic mass is 35.5. The minimum Gasteiger partial charge on any atom is -0.299 e. The lowest BCUT2D eigenvalue weighted by atomic mass is 10.1. The molecule has 5 nitrogen and oxygen atoms in total. The first kappa shape index (κ1) is 14.8. The van der Waals surface area contributed by atoms with Crippen LogP contribution in [0.4, 0.5) is 5.69 Å². The standard InChI is InChI=1S/C15H20ClN3O2/c1-17-12-3-4-13(17)10-18(7-6-12)9-11-2-5-14(16)15(8-11)19(20)21/h2,5,8,12-13H,3-4,6-7,9-10H2,1H3. The number of halogens is 1.